The van der Waals surface area contributed by atoms with Crippen molar-refractivity contribution in [3.8, 4) is 0 Å². The van der Waals surface area contributed by atoms with Gasteiger partial charge in [0.15, 0.2) is 5.54 Å². The van der Waals surface area contributed by atoms with Gasteiger partial charge in [0.1, 0.15) is 0 Å². The number of esters is 1. The molecule has 0 unspecified atom stereocenters. The number of benzene rings is 3. The van der Waals surface area contributed by atoms with E-state index in [9.17, 15) is 9.59 Å². The second-order valence-electron chi connectivity index (χ2n) is 9.36. The van der Waals surface area contributed by atoms with Crippen LogP contribution in [0.25, 0.3) is 0 Å². The highest BCUT2D eigenvalue weighted by molar-refractivity contribution is 6.30. The third-order valence-corrected chi connectivity index (χ3v) is 7.24. The highest BCUT2D eigenvalue weighted by atomic mass is 35.5. The van der Waals surface area contributed by atoms with E-state index in [2.05, 4.69) is 5.32 Å². The SMILES string of the molecule is CCOC(=O)C1=C(C)NC(=O)[C@@]2(CC(c3ccc(C)cc3)=NN2c2ccc(Cl)cc2)[C@H]1c1ccccc1. The first-order chi connectivity index (χ1) is 17.8. The summed E-state index contributed by atoms with van der Waals surface area (Å²) in [5.74, 6) is -1.32. The van der Waals surface area contributed by atoms with E-state index in [4.69, 9.17) is 21.4 Å². The summed E-state index contributed by atoms with van der Waals surface area (Å²) < 4.78 is 5.50. The largest absolute Gasteiger partial charge is 0.463 e. The Kier molecular flexibility index (Phi) is 6.61. The van der Waals surface area contributed by atoms with E-state index in [0.717, 1.165) is 22.4 Å². The number of carbonyl (C=O) groups is 2. The number of hydrogen-bond donors (Lipinski definition) is 1. The van der Waals surface area contributed by atoms with Gasteiger partial charge in [-0.1, -0.05) is 71.8 Å². The Labute approximate surface area is 221 Å². The van der Waals surface area contributed by atoms with E-state index in [1.807, 2.05) is 73.7 Å². The molecule has 5 rings (SSSR count). The third-order valence-electron chi connectivity index (χ3n) is 6.98. The molecule has 7 heteroatoms. The van der Waals surface area contributed by atoms with Crippen molar-refractivity contribution in [3.63, 3.8) is 0 Å². The minimum Gasteiger partial charge on any atom is -0.463 e. The van der Waals surface area contributed by atoms with E-state index < -0.39 is 17.4 Å². The molecule has 1 spiro atoms. The van der Waals surface area contributed by atoms with Gasteiger partial charge in [0.2, 0.25) is 0 Å². The Morgan fingerprint density at radius 2 is 1.73 bits per heavy atom. The van der Waals surface area contributed by atoms with Gasteiger partial charge >= 0.3 is 5.97 Å². The molecule has 2 aliphatic heterocycles. The van der Waals surface area contributed by atoms with Crippen LogP contribution in [0.3, 0.4) is 0 Å². The Balaban J connectivity index is 1.76. The first-order valence-electron chi connectivity index (χ1n) is 12.3. The smallest absolute Gasteiger partial charge is 0.336 e. The summed E-state index contributed by atoms with van der Waals surface area (Å²) in [6.45, 7) is 5.78. The van der Waals surface area contributed by atoms with Crippen LogP contribution in [0.5, 0.6) is 0 Å². The molecule has 1 N–H and O–H groups in total. The van der Waals surface area contributed by atoms with Crippen molar-refractivity contribution in [1.82, 2.24) is 5.32 Å². The van der Waals surface area contributed by atoms with Crippen LogP contribution < -0.4 is 10.3 Å². The summed E-state index contributed by atoms with van der Waals surface area (Å²) in [4.78, 5) is 27.6. The number of nitrogens with one attached hydrogen (secondary N) is 1. The molecule has 0 bridgehead atoms. The van der Waals surface area contributed by atoms with Crippen LogP contribution in [-0.4, -0.2) is 29.7 Å². The standard InChI is InChI=1S/C30H28ClN3O3/c1-4-37-28(35)26-20(3)32-29(36)30(27(26)22-8-6-5-7-9-22)18-25(21-12-10-19(2)11-13-21)33-34(30)24-16-14-23(31)15-17-24/h5-17,27H,4,18H2,1-3H3,(H,32,36)/t27-,30+/m0/s1. The molecule has 37 heavy (non-hydrogen) atoms. The van der Waals surface area contributed by atoms with Crippen LogP contribution in [0.2, 0.25) is 5.02 Å². The second-order valence-corrected chi connectivity index (χ2v) is 9.80. The number of hydrogen-bond acceptors (Lipinski definition) is 5. The van der Waals surface area contributed by atoms with Gasteiger partial charge < -0.3 is 10.1 Å². The first-order valence-corrected chi connectivity index (χ1v) is 12.7. The number of anilines is 1. The van der Waals surface area contributed by atoms with Crippen molar-refractivity contribution >= 4 is 34.9 Å². The van der Waals surface area contributed by atoms with Crippen molar-refractivity contribution < 1.29 is 14.3 Å². The second kappa shape index (κ2) is 9.87. The fourth-order valence-electron chi connectivity index (χ4n) is 5.25. The molecular formula is C30H28ClN3O3. The number of aryl methyl sites for hydroxylation is 1. The van der Waals surface area contributed by atoms with Crippen LogP contribution in [0.15, 0.2) is 95.2 Å². The highest BCUT2D eigenvalue weighted by Gasteiger charge is 2.60. The van der Waals surface area contributed by atoms with Gasteiger partial charge in [-0.15, -0.1) is 0 Å². The maximum absolute atomic E-state index is 14.2. The van der Waals surface area contributed by atoms with Crippen LogP contribution in [0.4, 0.5) is 5.69 Å². The molecule has 6 nitrogen and oxygen atoms in total. The summed E-state index contributed by atoms with van der Waals surface area (Å²) in [6.07, 6.45) is 0.292. The molecule has 1 amide bonds. The molecule has 0 aromatic heterocycles. The predicted molar refractivity (Wildman–Crippen MR) is 146 cm³/mol. The minimum absolute atomic E-state index is 0.226. The lowest BCUT2D eigenvalue weighted by molar-refractivity contribution is -0.139. The summed E-state index contributed by atoms with van der Waals surface area (Å²) in [5.41, 5.74) is 4.00. The number of allylic oxidation sites excluding steroid dienone is 1. The van der Waals surface area contributed by atoms with Gasteiger partial charge in [0, 0.05) is 17.1 Å². The molecule has 0 fully saturated rings. The molecule has 2 heterocycles. The van der Waals surface area contributed by atoms with E-state index in [1.165, 1.54) is 0 Å². The van der Waals surface area contributed by atoms with Crippen molar-refractivity contribution in [3.05, 3.63) is 112 Å². The van der Waals surface area contributed by atoms with Gasteiger partial charge in [-0.3, -0.25) is 4.79 Å². The maximum atomic E-state index is 14.2. The van der Waals surface area contributed by atoms with Gasteiger partial charge in [-0.05, 0) is 56.2 Å². The predicted octanol–water partition coefficient (Wildman–Crippen LogP) is 5.75. The Hall–Kier alpha value is -3.90. The average Bonchev–Trinajstić information content (AvgIpc) is 3.29. The zero-order valence-corrected chi connectivity index (χ0v) is 21.8. The maximum Gasteiger partial charge on any atom is 0.336 e. The number of halogens is 1. The van der Waals surface area contributed by atoms with E-state index in [0.29, 0.717) is 28.4 Å². The number of rotatable bonds is 5. The number of amides is 1. The molecule has 0 aliphatic carbocycles. The average molecular weight is 514 g/mol. The van der Waals surface area contributed by atoms with Crippen molar-refractivity contribution in [2.45, 2.75) is 38.6 Å². The van der Waals surface area contributed by atoms with Gasteiger partial charge in [-0.25, -0.2) is 9.80 Å². The summed E-state index contributed by atoms with van der Waals surface area (Å²) in [6, 6.07) is 24.9. The van der Waals surface area contributed by atoms with Crippen LogP contribution in [0, 0.1) is 6.92 Å². The zero-order valence-electron chi connectivity index (χ0n) is 21.0. The normalized spacial score (nSPS) is 21.2. The zero-order chi connectivity index (χ0) is 26.2. The minimum atomic E-state index is -1.25. The number of nitrogens with zero attached hydrogens (tertiary/aromatic N) is 2. The lowest BCUT2D eigenvalue weighted by Crippen LogP contribution is -2.62. The molecule has 3 aromatic carbocycles. The topological polar surface area (TPSA) is 71.0 Å². The highest BCUT2D eigenvalue weighted by Crippen LogP contribution is 2.50. The van der Waals surface area contributed by atoms with Gasteiger partial charge in [0.05, 0.1) is 29.5 Å². The van der Waals surface area contributed by atoms with Crippen molar-refractivity contribution in [1.29, 1.82) is 0 Å². The van der Waals surface area contributed by atoms with Crippen LogP contribution in [0.1, 0.15) is 42.9 Å². The number of hydrazone groups is 1. The fourth-order valence-corrected chi connectivity index (χ4v) is 5.38. The lowest BCUT2D eigenvalue weighted by atomic mass is 9.68. The van der Waals surface area contributed by atoms with Gasteiger partial charge in [0.25, 0.3) is 5.91 Å². The summed E-state index contributed by atoms with van der Waals surface area (Å²) in [5, 5.41) is 10.4. The summed E-state index contributed by atoms with van der Waals surface area (Å²) in [7, 11) is 0. The van der Waals surface area contributed by atoms with Gasteiger partial charge in [-0.2, -0.15) is 5.10 Å². The molecule has 188 valence electrons. The monoisotopic (exact) mass is 513 g/mol. The summed E-state index contributed by atoms with van der Waals surface area (Å²) >= 11 is 6.20. The lowest BCUT2D eigenvalue weighted by Gasteiger charge is -2.46. The Bertz CT molecular complexity index is 1400. The Morgan fingerprint density at radius 1 is 1.05 bits per heavy atom. The Morgan fingerprint density at radius 3 is 2.38 bits per heavy atom. The first kappa shape index (κ1) is 24.8. The molecule has 0 saturated carbocycles. The molecule has 0 saturated heterocycles. The molecule has 2 aliphatic rings. The molecule has 3 aromatic rings. The number of ether oxygens (including phenoxy) is 1. The van der Waals surface area contributed by atoms with Crippen LogP contribution >= 0.6 is 11.6 Å². The van der Waals surface area contributed by atoms with E-state index in [-0.39, 0.29) is 12.5 Å². The third kappa shape index (κ3) is 4.31. The van der Waals surface area contributed by atoms with E-state index >= 15 is 0 Å². The van der Waals surface area contributed by atoms with Crippen LogP contribution in [-0.2, 0) is 14.3 Å². The molecule has 0 radical (unpaired) electrons. The molecule has 2 atom stereocenters. The quantitative estimate of drug-likeness (QED) is 0.441. The molecular weight excluding hydrogens is 486 g/mol. The van der Waals surface area contributed by atoms with Crippen molar-refractivity contribution in [2.75, 3.05) is 11.6 Å². The van der Waals surface area contributed by atoms with E-state index in [1.54, 1.807) is 31.0 Å². The van der Waals surface area contributed by atoms with Crippen molar-refractivity contribution in [2.24, 2.45) is 5.10 Å². The fraction of sp³-hybridized carbons (Fsp3) is 0.233. The number of carbonyl (C=O) groups excluding carboxylic acids is 2.